The molecule has 4 aromatic rings. The molecule has 2 aliphatic rings. The quantitative estimate of drug-likeness (QED) is 0.149. The molecule has 0 radical (unpaired) electrons. The third-order valence-corrected chi connectivity index (χ3v) is 12.5. The molecule has 260 valence electrons. The molecule has 2 unspecified atom stereocenters. The van der Waals surface area contributed by atoms with Crippen LogP contribution in [-0.2, 0) is 30.7 Å². The van der Waals surface area contributed by atoms with E-state index in [4.69, 9.17) is 18.1 Å². The average Bonchev–Trinajstić information content (AvgIpc) is 3.01. The van der Waals surface area contributed by atoms with Crippen LogP contribution >= 0.6 is 16.8 Å². The minimum absolute atomic E-state index is 0.0263. The van der Waals surface area contributed by atoms with Gasteiger partial charge in [-0.25, -0.2) is 0 Å². The maximum Gasteiger partial charge on any atom is 0.265 e. The van der Waals surface area contributed by atoms with Gasteiger partial charge in [0, 0.05) is 22.3 Å². The van der Waals surface area contributed by atoms with Gasteiger partial charge in [-0.3, -0.25) is 0 Å². The third kappa shape index (κ3) is 7.36. The van der Waals surface area contributed by atoms with Gasteiger partial charge in [0.25, 0.3) is 16.8 Å². The SMILES string of the molecule is CC(C)(C)c1cc2c(c(C(C)(C)C)c1)OP(OCCCOP1Oc3c(cc(C(C)(C)C)cc3C(C)(C)C)-c3ccccc31)c1ccccc1-2. The molecule has 0 saturated heterocycles. The van der Waals surface area contributed by atoms with Crippen LogP contribution in [0.3, 0.4) is 0 Å². The Morgan fingerprint density at radius 2 is 0.837 bits per heavy atom. The van der Waals surface area contributed by atoms with E-state index in [0.29, 0.717) is 13.2 Å². The fourth-order valence-electron chi connectivity index (χ4n) is 6.37. The first-order chi connectivity index (χ1) is 22.8. The lowest BCUT2D eigenvalue weighted by atomic mass is 9.78. The predicted octanol–water partition coefficient (Wildman–Crippen LogP) is 12.0. The Balaban J connectivity index is 1.20. The molecule has 2 heterocycles. The molecule has 6 heteroatoms. The van der Waals surface area contributed by atoms with Crippen molar-refractivity contribution in [3.05, 3.63) is 95.1 Å². The summed E-state index contributed by atoms with van der Waals surface area (Å²) in [4.78, 5) is 0. The van der Waals surface area contributed by atoms with E-state index in [-0.39, 0.29) is 21.7 Å². The molecule has 0 saturated carbocycles. The van der Waals surface area contributed by atoms with Crippen molar-refractivity contribution in [2.75, 3.05) is 13.2 Å². The fraction of sp³-hybridized carbons (Fsp3) is 0.442. The molecular weight excluding hydrogens is 642 g/mol. The molecule has 0 bridgehead atoms. The summed E-state index contributed by atoms with van der Waals surface area (Å²) >= 11 is 0. The van der Waals surface area contributed by atoms with Crippen LogP contribution in [0, 0.1) is 0 Å². The van der Waals surface area contributed by atoms with E-state index >= 15 is 0 Å². The minimum Gasteiger partial charge on any atom is -0.443 e. The summed E-state index contributed by atoms with van der Waals surface area (Å²) in [5, 5.41) is 2.26. The van der Waals surface area contributed by atoms with Crippen molar-refractivity contribution in [3.8, 4) is 33.8 Å². The maximum absolute atomic E-state index is 6.83. The minimum atomic E-state index is -1.30. The summed E-state index contributed by atoms with van der Waals surface area (Å²) in [7, 11) is -2.59. The van der Waals surface area contributed by atoms with Gasteiger partial charge in [0.1, 0.15) is 11.5 Å². The molecule has 2 aliphatic heterocycles. The molecule has 0 aromatic heterocycles. The Kier molecular flexibility index (Phi) is 9.64. The lowest BCUT2D eigenvalue weighted by Gasteiger charge is -2.34. The molecule has 2 atom stereocenters. The smallest absolute Gasteiger partial charge is 0.265 e. The average molecular weight is 697 g/mol. The van der Waals surface area contributed by atoms with Crippen LogP contribution in [0.2, 0.25) is 0 Å². The second-order valence-electron chi connectivity index (χ2n) is 17.6. The molecule has 49 heavy (non-hydrogen) atoms. The molecule has 0 aliphatic carbocycles. The van der Waals surface area contributed by atoms with Crippen LogP contribution in [0.4, 0.5) is 0 Å². The van der Waals surface area contributed by atoms with Crippen molar-refractivity contribution >= 4 is 27.4 Å². The number of benzene rings is 4. The Bertz CT molecular complexity index is 1720. The van der Waals surface area contributed by atoms with Crippen LogP contribution in [0.5, 0.6) is 11.5 Å². The standard InChI is InChI=1S/C43H54O4P2/c1-40(2,3)28-24-32-30-18-13-15-20-36(30)48(46-38(32)34(26-28)42(7,8)9)44-22-17-23-45-49-37-21-16-14-19-31(37)33-25-29(41(4,5)6)27-35(39(33)47-49)43(10,11)12/h13-16,18-21,24-27H,17,22-23H2,1-12H3. The number of rotatable bonds is 6. The van der Waals surface area contributed by atoms with Gasteiger partial charge in [-0.05, 0) is 74.6 Å². The second-order valence-corrected chi connectivity index (χ2v) is 20.4. The lowest BCUT2D eigenvalue weighted by molar-refractivity contribution is 0.253. The fourth-order valence-corrected chi connectivity index (χ4v) is 9.46. The summed E-state index contributed by atoms with van der Waals surface area (Å²) in [6, 6.07) is 26.5. The summed E-state index contributed by atoms with van der Waals surface area (Å²) in [5.41, 5.74) is 9.74. The van der Waals surface area contributed by atoms with E-state index in [1.54, 1.807) is 0 Å². The van der Waals surface area contributed by atoms with Crippen molar-refractivity contribution < 1.29 is 18.1 Å². The van der Waals surface area contributed by atoms with Crippen molar-refractivity contribution in [2.24, 2.45) is 0 Å². The van der Waals surface area contributed by atoms with Crippen molar-refractivity contribution in [1.82, 2.24) is 0 Å². The maximum atomic E-state index is 6.83. The van der Waals surface area contributed by atoms with Crippen LogP contribution in [0.1, 0.15) is 112 Å². The monoisotopic (exact) mass is 696 g/mol. The van der Waals surface area contributed by atoms with Crippen molar-refractivity contribution in [2.45, 2.75) is 111 Å². The highest BCUT2D eigenvalue weighted by atomic mass is 31.2. The van der Waals surface area contributed by atoms with Gasteiger partial charge in [0.05, 0.1) is 23.8 Å². The molecular formula is C43H54O4P2. The van der Waals surface area contributed by atoms with Gasteiger partial charge >= 0.3 is 0 Å². The second kappa shape index (κ2) is 13.1. The van der Waals surface area contributed by atoms with Crippen LogP contribution in [0.15, 0.2) is 72.8 Å². The first-order valence-corrected chi connectivity index (χ1v) is 20.0. The molecule has 0 fully saturated rings. The van der Waals surface area contributed by atoms with Gasteiger partial charge in [-0.2, -0.15) is 0 Å². The highest BCUT2D eigenvalue weighted by Gasteiger charge is 2.36. The van der Waals surface area contributed by atoms with E-state index in [1.807, 2.05) is 0 Å². The zero-order valence-electron chi connectivity index (χ0n) is 31.6. The van der Waals surface area contributed by atoms with Crippen LogP contribution < -0.4 is 19.7 Å². The largest absolute Gasteiger partial charge is 0.443 e. The van der Waals surface area contributed by atoms with Gasteiger partial charge in [-0.15, -0.1) is 0 Å². The van der Waals surface area contributed by atoms with Crippen LogP contribution in [0.25, 0.3) is 22.3 Å². The molecule has 0 spiro atoms. The number of fused-ring (bicyclic) bond motifs is 6. The van der Waals surface area contributed by atoms with Crippen LogP contribution in [-0.4, -0.2) is 13.2 Å². The molecule has 0 N–H and O–H groups in total. The van der Waals surface area contributed by atoms with Crippen molar-refractivity contribution in [3.63, 3.8) is 0 Å². The van der Waals surface area contributed by atoms with E-state index in [9.17, 15) is 0 Å². The zero-order chi connectivity index (χ0) is 35.5. The lowest BCUT2D eigenvalue weighted by Crippen LogP contribution is -2.23. The Morgan fingerprint density at radius 3 is 1.18 bits per heavy atom. The van der Waals surface area contributed by atoms with E-state index in [1.165, 1.54) is 44.5 Å². The highest BCUT2D eigenvalue weighted by Crippen LogP contribution is 2.55. The highest BCUT2D eigenvalue weighted by molar-refractivity contribution is 7.57. The molecule has 0 amide bonds. The topological polar surface area (TPSA) is 36.9 Å². The molecule has 4 nitrogen and oxygen atoms in total. The van der Waals surface area contributed by atoms with Crippen molar-refractivity contribution in [1.29, 1.82) is 0 Å². The summed E-state index contributed by atoms with van der Waals surface area (Å²) in [6.45, 7) is 28.3. The molecule has 4 aromatic carbocycles. The first-order valence-electron chi connectivity index (χ1n) is 17.6. The van der Waals surface area contributed by atoms with E-state index in [2.05, 4.69) is 156 Å². The molecule has 6 rings (SSSR count). The predicted molar refractivity (Wildman–Crippen MR) is 209 cm³/mol. The third-order valence-electron chi connectivity index (χ3n) is 9.36. The normalized spacial score (nSPS) is 17.3. The summed E-state index contributed by atoms with van der Waals surface area (Å²) in [5.74, 6) is 1.92. The Labute approximate surface area is 297 Å². The van der Waals surface area contributed by atoms with Gasteiger partial charge in [-0.1, -0.05) is 132 Å². The number of hydrogen-bond acceptors (Lipinski definition) is 4. The Hall–Kier alpha value is -2.74. The summed E-state index contributed by atoms with van der Waals surface area (Å²) < 4.78 is 26.8. The van der Waals surface area contributed by atoms with Gasteiger partial charge < -0.3 is 18.1 Å². The van der Waals surface area contributed by atoms with E-state index < -0.39 is 16.8 Å². The van der Waals surface area contributed by atoms with Gasteiger partial charge in [0.2, 0.25) is 0 Å². The Morgan fingerprint density at radius 1 is 0.469 bits per heavy atom. The zero-order valence-corrected chi connectivity index (χ0v) is 33.4. The first kappa shape index (κ1) is 36.1. The van der Waals surface area contributed by atoms with Gasteiger partial charge in [0.15, 0.2) is 0 Å². The summed E-state index contributed by atoms with van der Waals surface area (Å²) in [6.07, 6.45) is 0.735. The number of hydrogen-bond donors (Lipinski definition) is 0. The van der Waals surface area contributed by atoms with E-state index in [0.717, 1.165) is 28.5 Å².